The van der Waals surface area contributed by atoms with Crippen molar-refractivity contribution < 1.29 is 9.84 Å². The first-order valence-corrected chi connectivity index (χ1v) is 10.9. The number of rotatable bonds is 6. The van der Waals surface area contributed by atoms with Crippen LogP contribution in [-0.2, 0) is 0 Å². The highest BCUT2D eigenvalue weighted by Gasteiger charge is 2.16. The lowest BCUT2D eigenvalue weighted by Gasteiger charge is -2.28. The molecule has 0 spiro atoms. The van der Waals surface area contributed by atoms with E-state index in [0.29, 0.717) is 28.3 Å². The van der Waals surface area contributed by atoms with Gasteiger partial charge in [-0.05, 0) is 50.5 Å². The van der Waals surface area contributed by atoms with Gasteiger partial charge in [0.15, 0.2) is 0 Å². The zero-order valence-electron chi connectivity index (χ0n) is 18.2. The van der Waals surface area contributed by atoms with Gasteiger partial charge in [0.2, 0.25) is 0 Å². The Bertz CT molecular complexity index is 1120. The molecule has 4 rings (SSSR count). The molecule has 0 radical (unpaired) electrons. The molecule has 0 aliphatic carbocycles. The highest BCUT2D eigenvalue weighted by atomic mass is 16.5. The maximum absolute atomic E-state index is 9.93. The normalized spacial score (nSPS) is 14.6. The van der Waals surface area contributed by atoms with Gasteiger partial charge in [-0.1, -0.05) is 6.07 Å². The van der Waals surface area contributed by atoms with Gasteiger partial charge in [-0.3, -0.25) is 4.98 Å². The van der Waals surface area contributed by atoms with Crippen molar-refractivity contribution in [3.63, 3.8) is 0 Å². The number of anilines is 1. The second-order valence-corrected chi connectivity index (χ2v) is 8.00. The van der Waals surface area contributed by atoms with Crippen LogP contribution >= 0.6 is 0 Å². The van der Waals surface area contributed by atoms with Gasteiger partial charge >= 0.3 is 0 Å². The highest BCUT2D eigenvalue weighted by molar-refractivity contribution is 5.69. The zero-order valence-corrected chi connectivity index (χ0v) is 18.2. The lowest BCUT2D eigenvalue weighted by Crippen LogP contribution is -2.30. The molecule has 1 atom stereocenters. The number of hydrogen-bond acceptors (Lipinski definition) is 7. The molecule has 2 aromatic heterocycles. The first-order valence-electron chi connectivity index (χ1n) is 10.9. The summed E-state index contributed by atoms with van der Waals surface area (Å²) in [5.74, 6) is 2.12. The number of aromatic nitrogens is 2. The van der Waals surface area contributed by atoms with Crippen molar-refractivity contribution in [2.45, 2.75) is 32.3 Å². The Morgan fingerprint density at radius 3 is 2.66 bits per heavy atom. The van der Waals surface area contributed by atoms with Crippen molar-refractivity contribution in [1.82, 2.24) is 9.97 Å². The van der Waals surface area contributed by atoms with Gasteiger partial charge in [0.1, 0.15) is 17.3 Å². The van der Waals surface area contributed by atoms with Crippen molar-refractivity contribution in [3.8, 4) is 28.8 Å². The van der Waals surface area contributed by atoms with Crippen LogP contribution in [0.25, 0.3) is 11.3 Å². The molecule has 32 heavy (non-hydrogen) atoms. The van der Waals surface area contributed by atoms with Crippen LogP contribution in [0, 0.1) is 18.3 Å². The van der Waals surface area contributed by atoms with Gasteiger partial charge in [-0.2, -0.15) is 5.26 Å². The average molecular weight is 430 g/mol. The average Bonchev–Trinajstić information content (AvgIpc) is 2.84. The van der Waals surface area contributed by atoms with Crippen molar-refractivity contribution >= 4 is 5.82 Å². The predicted octanol–water partition coefficient (Wildman–Crippen LogP) is 4.10. The van der Waals surface area contributed by atoms with E-state index >= 15 is 0 Å². The molecule has 1 aliphatic heterocycles. The molecule has 0 saturated carbocycles. The van der Waals surface area contributed by atoms with Crippen molar-refractivity contribution in [1.29, 1.82) is 5.26 Å². The van der Waals surface area contributed by atoms with Crippen molar-refractivity contribution in [2.75, 3.05) is 24.5 Å². The molecule has 7 nitrogen and oxygen atoms in total. The predicted molar refractivity (Wildman–Crippen MR) is 124 cm³/mol. The minimum atomic E-state index is -0.749. The number of nitrogens with two attached hydrogens (primary N) is 1. The Morgan fingerprint density at radius 2 is 1.97 bits per heavy atom. The highest BCUT2D eigenvalue weighted by Crippen LogP contribution is 2.35. The summed E-state index contributed by atoms with van der Waals surface area (Å²) in [6.07, 6.45) is 4.45. The standard InChI is InChI=1S/C25H27N5O2/c1-17-11-20(13-25(29-17)30-9-3-2-4-10-30)32-24-12-18(14-26)5-7-21(24)22-8-6-19(16-28-22)23(31)15-27/h5-8,11-13,16,23,31H,2-4,9-10,15,27H2,1H3. The fourth-order valence-electron chi connectivity index (χ4n) is 3.88. The molecule has 1 aliphatic rings. The third-order valence-electron chi connectivity index (χ3n) is 5.60. The Hall–Kier alpha value is -3.47. The van der Waals surface area contributed by atoms with Crippen LogP contribution in [0.5, 0.6) is 11.5 Å². The van der Waals surface area contributed by atoms with Crippen LogP contribution in [0.2, 0.25) is 0 Å². The SMILES string of the molecule is Cc1cc(Oc2cc(C#N)ccc2-c2ccc(C(O)CN)cn2)cc(N2CCCCC2)n1. The van der Waals surface area contributed by atoms with E-state index in [0.717, 1.165) is 30.2 Å². The third kappa shape index (κ3) is 4.88. The quantitative estimate of drug-likeness (QED) is 0.607. The Labute approximate surface area is 188 Å². The summed E-state index contributed by atoms with van der Waals surface area (Å²) in [7, 11) is 0. The number of hydrogen-bond donors (Lipinski definition) is 2. The first kappa shape index (κ1) is 21.8. The molecule has 1 saturated heterocycles. The van der Waals surface area contributed by atoms with Gasteiger partial charge in [-0.15, -0.1) is 0 Å². The van der Waals surface area contributed by atoms with E-state index in [9.17, 15) is 10.4 Å². The summed E-state index contributed by atoms with van der Waals surface area (Å²) in [4.78, 5) is 11.5. The number of pyridine rings is 2. The maximum Gasteiger partial charge on any atom is 0.138 e. The summed E-state index contributed by atoms with van der Waals surface area (Å²) in [5, 5.41) is 19.3. The minimum absolute atomic E-state index is 0.132. The van der Waals surface area contributed by atoms with E-state index in [1.54, 1.807) is 24.4 Å². The van der Waals surface area contributed by atoms with Gasteiger partial charge < -0.3 is 20.5 Å². The molecule has 1 fully saturated rings. The molecule has 7 heteroatoms. The number of piperidine rings is 1. The minimum Gasteiger partial charge on any atom is -0.456 e. The molecule has 3 heterocycles. The second kappa shape index (κ2) is 9.77. The lowest BCUT2D eigenvalue weighted by atomic mass is 10.1. The first-order chi connectivity index (χ1) is 15.6. The Kier molecular flexibility index (Phi) is 6.64. The summed E-state index contributed by atoms with van der Waals surface area (Å²) >= 11 is 0. The summed E-state index contributed by atoms with van der Waals surface area (Å²) < 4.78 is 6.29. The summed E-state index contributed by atoms with van der Waals surface area (Å²) in [6.45, 7) is 4.08. The molecular weight excluding hydrogens is 402 g/mol. The smallest absolute Gasteiger partial charge is 0.138 e. The molecule has 3 aromatic rings. The summed E-state index contributed by atoms with van der Waals surface area (Å²) in [6, 6.07) is 14.9. The van der Waals surface area contributed by atoms with Gasteiger partial charge in [0.25, 0.3) is 0 Å². The third-order valence-corrected chi connectivity index (χ3v) is 5.60. The fraction of sp³-hybridized carbons (Fsp3) is 0.320. The van der Waals surface area contributed by atoms with Crippen LogP contribution in [0.3, 0.4) is 0 Å². The van der Waals surface area contributed by atoms with Crippen LogP contribution in [0.4, 0.5) is 5.82 Å². The van der Waals surface area contributed by atoms with E-state index in [2.05, 4.69) is 16.0 Å². The summed E-state index contributed by atoms with van der Waals surface area (Å²) in [5.41, 5.74) is 9.00. The molecular formula is C25H27N5O2. The number of aliphatic hydroxyl groups excluding tert-OH is 1. The number of ether oxygens (including phenoxy) is 1. The fourth-order valence-corrected chi connectivity index (χ4v) is 3.88. The lowest BCUT2D eigenvalue weighted by molar-refractivity contribution is 0.186. The van der Waals surface area contributed by atoms with Crippen LogP contribution in [-0.4, -0.2) is 34.7 Å². The van der Waals surface area contributed by atoms with Crippen molar-refractivity contribution in [3.05, 3.63) is 65.5 Å². The van der Waals surface area contributed by atoms with E-state index in [1.165, 1.54) is 19.3 Å². The van der Waals surface area contributed by atoms with Gasteiger partial charge in [-0.25, -0.2) is 4.98 Å². The van der Waals surface area contributed by atoms with E-state index in [1.807, 2.05) is 31.2 Å². The number of aliphatic hydroxyl groups is 1. The molecule has 1 aromatic carbocycles. The second-order valence-electron chi connectivity index (χ2n) is 8.00. The largest absolute Gasteiger partial charge is 0.456 e. The Balaban J connectivity index is 1.68. The number of benzene rings is 1. The molecule has 1 unspecified atom stereocenters. The monoisotopic (exact) mass is 429 g/mol. The van der Waals surface area contributed by atoms with Crippen LogP contribution in [0.1, 0.15) is 42.2 Å². The maximum atomic E-state index is 9.93. The molecule has 0 bridgehead atoms. The van der Waals surface area contributed by atoms with E-state index < -0.39 is 6.10 Å². The van der Waals surface area contributed by atoms with Gasteiger partial charge in [0, 0.05) is 54.8 Å². The number of nitrogens with zero attached hydrogens (tertiary/aromatic N) is 4. The Morgan fingerprint density at radius 1 is 1.16 bits per heavy atom. The molecule has 0 amide bonds. The number of aryl methyl sites for hydroxylation is 1. The van der Waals surface area contributed by atoms with E-state index in [4.69, 9.17) is 15.5 Å². The van der Waals surface area contributed by atoms with Crippen LogP contribution < -0.4 is 15.4 Å². The number of nitriles is 1. The molecule has 3 N–H and O–H groups in total. The zero-order chi connectivity index (χ0) is 22.5. The topological polar surface area (TPSA) is 108 Å². The van der Waals surface area contributed by atoms with Crippen LogP contribution in [0.15, 0.2) is 48.7 Å². The van der Waals surface area contributed by atoms with Gasteiger partial charge in [0.05, 0.1) is 23.4 Å². The molecule has 164 valence electrons. The van der Waals surface area contributed by atoms with Crippen molar-refractivity contribution in [2.24, 2.45) is 5.73 Å². The van der Waals surface area contributed by atoms with E-state index in [-0.39, 0.29) is 6.54 Å².